The number of halogens is 1. The first kappa shape index (κ1) is 22.9. The van der Waals surface area contributed by atoms with Gasteiger partial charge in [-0.3, -0.25) is 4.79 Å². The topological polar surface area (TPSA) is 41.6 Å². The second kappa shape index (κ2) is 11.0. The van der Waals surface area contributed by atoms with Crippen LogP contribution in [0.15, 0.2) is 72.8 Å². The van der Waals surface area contributed by atoms with Crippen molar-refractivity contribution in [2.24, 2.45) is 0 Å². The largest absolute Gasteiger partial charge is 0.367 e. The number of fused-ring (bicyclic) bond motifs is 1. The lowest BCUT2D eigenvalue weighted by Gasteiger charge is -2.24. The van der Waals surface area contributed by atoms with Crippen molar-refractivity contribution in [3.63, 3.8) is 0 Å². The van der Waals surface area contributed by atoms with Crippen molar-refractivity contribution >= 4 is 29.1 Å². The van der Waals surface area contributed by atoms with Crippen LogP contribution in [0.5, 0.6) is 0 Å². The second-order valence-corrected chi connectivity index (χ2v) is 7.29. The van der Waals surface area contributed by atoms with Crippen molar-refractivity contribution in [3.05, 3.63) is 83.9 Å². The molecule has 2 atom stereocenters. The van der Waals surface area contributed by atoms with Gasteiger partial charge in [-0.1, -0.05) is 66.7 Å². The monoisotopic (exact) mass is 412 g/mol. The summed E-state index contributed by atoms with van der Waals surface area (Å²) in [4.78, 5) is 15.1. The van der Waals surface area contributed by atoms with Crippen molar-refractivity contribution in [1.82, 2.24) is 10.2 Å². The molecule has 0 spiro atoms. The van der Waals surface area contributed by atoms with Gasteiger partial charge in [0.05, 0.1) is 6.04 Å². The molecule has 154 valence electrons. The molecule has 1 N–H and O–H groups in total. The molecule has 0 heterocycles. The van der Waals surface area contributed by atoms with Crippen molar-refractivity contribution in [2.45, 2.75) is 18.6 Å². The van der Waals surface area contributed by atoms with Crippen LogP contribution in [0.1, 0.15) is 29.7 Å². The van der Waals surface area contributed by atoms with Crippen molar-refractivity contribution < 1.29 is 9.53 Å². The second-order valence-electron chi connectivity index (χ2n) is 7.29. The normalized spacial score (nSPS) is 13.0. The zero-order valence-electron chi connectivity index (χ0n) is 17.2. The number of nitrogens with one attached hydrogen (secondary N) is 1. The van der Waals surface area contributed by atoms with E-state index in [0.717, 1.165) is 24.1 Å². The van der Waals surface area contributed by atoms with Crippen LogP contribution in [0, 0.1) is 0 Å². The summed E-state index contributed by atoms with van der Waals surface area (Å²) in [6, 6.07) is 24.2. The summed E-state index contributed by atoms with van der Waals surface area (Å²) in [7, 11) is 5.66. The smallest absolute Gasteiger partial charge is 0.254 e. The van der Waals surface area contributed by atoms with Crippen LogP contribution >= 0.6 is 12.4 Å². The number of methoxy groups -OCH3 is 1. The molecule has 0 aromatic heterocycles. The van der Waals surface area contributed by atoms with E-state index in [-0.39, 0.29) is 24.4 Å². The number of rotatable bonds is 8. The number of ether oxygens (including phenoxy) is 1. The first-order chi connectivity index (χ1) is 13.6. The number of hydrogen-bond acceptors (Lipinski definition) is 3. The lowest BCUT2D eigenvalue weighted by Crippen LogP contribution is -2.35. The molecular formula is C24H29ClN2O2. The van der Waals surface area contributed by atoms with Gasteiger partial charge in [-0.25, -0.2) is 0 Å². The van der Waals surface area contributed by atoms with Crippen molar-refractivity contribution in [3.8, 4) is 0 Å². The molecular weight excluding hydrogens is 384 g/mol. The molecule has 0 aliphatic carbocycles. The molecule has 0 aliphatic heterocycles. The third kappa shape index (κ3) is 6.04. The minimum atomic E-state index is -0.622. The standard InChI is InChI=1S/C24H28N2O2.ClH/c1-26(2)16-15-22(21-14-13-18-9-7-8-12-20(18)17-21)25-24(27)23(28-3)19-10-5-4-6-11-19;/h4-14,17,22-23H,15-16H2,1-3H3,(H,25,27);1H/t22-,23-;/m1./s1. The van der Waals surface area contributed by atoms with Gasteiger partial charge in [0.1, 0.15) is 0 Å². The summed E-state index contributed by atoms with van der Waals surface area (Å²) in [5, 5.41) is 5.59. The van der Waals surface area contributed by atoms with E-state index in [9.17, 15) is 4.79 Å². The average Bonchev–Trinajstić information content (AvgIpc) is 2.72. The minimum absolute atomic E-state index is 0. The predicted molar refractivity (Wildman–Crippen MR) is 121 cm³/mol. The Bertz CT molecular complexity index is 915. The lowest BCUT2D eigenvalue weighted by atomic mass is 9.98. The number of benzene rings is 3. The Labute approximate surface area is 179 Å². The number of amides is 1. The van der Waals surface area contributed by atoms with E-state index in [4.69, 9.17) is 4.74 Å². The SMILES string of the molecule is CO[C@@H](C(=O)N[C@H](CCN(C)C)c1ccc2ccccc2c1)c1ccccc1.Cl. The highest BCUT2D eigenvalue weighted by Crippen LogP contribution is 2.25. The van der Waals surface area contributed by atoms with E-state index in [1.54, 1.807) is 7.11 Å². The summed E-state index contributed by atoms with van der Waals surface area (Å²) >= 11 is 0. The molecule has 29 heavy (non-hydrogen) atoms. The Morgan fingerprint density at radius 3 is 2.24 bits per heavy atom. The lowest BCUT2D eigenvalue weighted by molar-refractivity contribution is -0.132. The van der Waals surface area contributed by atoms with Crippen LogP contribution in [0.4, 0.5) is 0 Å². The van der Waals surface area contributed by atoms with Crippen LogP contribution in [-0.4, -0.2) is 38.6 Å². The van der Waals surface area contributed by atoms with E-state index < -0.39 is 6.10 Å². The van der Waals surface area contributed by atoms with Crippen LogP contribution in [0.3, 0.4) is 0 Å². The van der Waals surface area contributed by atoms with Gasteiger partial charge in [-0.2, -0.15) is 0 Å². The van der Waals surface area contributed by atoms with Gasteiger partial charge >= 0.3 is 0 Å². The first-order valence-corrected chi connectivity index (χ1v) is 9.60. The molecule has 0 unspecified atom stereocenters. The fraction of sp³-hybridized carbons (Fsp3) is 0.292. The van der Waals surface area contributed by atoms with Gasteiger partial charge in [0.15, 0.2) is 6.10 Å². The Morgan fingerprint density at radius 1 is 0.931 bits per heavy atom. The minimum Gasteiger partial charge on any atom is -0.367 e. The number of carbonyl (C=O) groups excluding carboxylic acids is 1. The molecule has 0 aliphatic rings. The van der Waals surface area contributed by atoms with E-state index >= 15 is 0 Å². The van der Waals surface area contributed by atoms with E-state index in [0.29, 0.717) is 0 Å². The molecule has 0 saturated heterocycles. The quantitative estimate of drug-likeness (QED) is 0.580. The fourth-order valence-electron chi connectivity index (χ4n) is 3.40. The molecule has 3 aromatic carbocycles. The summed E-state index contributed by atoms with van der Waals surface area (Å²) in [5.41, 5.74) is 1.96. The molecule has 0 bridgehead atoms. The van der Waals surface area contributed by atoms with Crippen LogP contribution in [-0.2, 0) is 9.53 Å². The average molecular weight is 413 g/mol. The van der Waals surface area contributed by atoms with E-state index in [1.807, 2.05) is 56.6 Å². The Kier molecular flexibility index (Phi) is 8.65. The Morgan fingerprint density at radius 2 is 1.59 bits per heavy atom. The molecule has 0 radical (unpaired) electrons. The third-order valence-corrected chi connectivity index (χ3v) is 4.93. The molecule has 1 amide bonds. The zero-order valence-corrected chi connectivity index (χ0v) is 18.0. The zero-order chi connectivity index (χ0) is 19.9. The van der Waals surface area contributed by atoms with Gasteiger partial charge in [-0.05, 0) is 55.0 Å². The molecule has 3 rings (SSSR count). The summed E-state index contributed by atoms with van der Waals surface area (Å²) in [6.07, 6.45) is 0.200. The number of nitrogens with zero attached hydrogens (tertiary/aromatic N) is 1. The third-order valence-electron chi connectivity index (χ3n) is 4.93. The van der Waals surface area contributed by atoms with Gasteiger partial charge in [0, 0.05) is 7.11 Å². The molecule has 0 fully saturated rings. The van der Waals surface area contributed by atoms with Gasteiger partial charge in [0.2, 0.25) is 0 Å². The van der Waals surface area contributed by atoms with Gasteiger partial charge < -0.3 is 15.0 Å². The van der Waals surface area contributed by atoms with Crippen molar-refractivity contribution in [2.75, 3.05) is 27.7 Å². The molecule has 3 aromatic rings. The maximum Gasteiger partial charge on any atom is 0.254 e. The van der Waals surface area contributed by atoms with Crippen molar-refractivity contribution in [1.29, 1.82) is 0 Å². The maximum absolute atomic E-state index is 13.0. The Balaban J connectivity index is 0.00000300. The fourth-order valence-corrected chi connectivity index (χ4v) is 3.40. The highest BCUT2D eigenvalue weighted by atomic mass is 35.5. The van der Waals surface area contributed by atoms with Gasteiger partial charge in [0.25, 0.3) is 5.91 Å². The van der Waals surface area contributed by atoms with E-state index in [1.165, 1.54) is 10.8 Å². The molecule has 4 nitrogen and oxygen atoms in total. The van der Waals surface area contributed by atoms with E-state index in [2.05, 4.69) is 40.5 Å². The summed E-state index contributed by atoms with van der Waals surface area (Å²) in [5.74, 6) is -0.120. The molecule has 0 saturated carbocycles. The summed E-state index contributed by atoms with van der Waals surface area (Å²) in [6.45, 7) is 0.876. The maximum atomic E-state index is 13.0. The van der Waals surface area contributed by atoms with Crippen LogP contribution in [0.25, 0.3) is 10.8 Å². The predicted octanol–water partition coefficient (Wildman–Crippen LogP) is 4.76. The summed E-state index contributed by atoms with van der Waals surface area (Å²) < 4.78 is 5.51. The van der Waals surface area contributed by atoms with Crippen LogP contribution in [0.2, 0.25) is 0 Å². The number of carbonyl (C=O) groups is 1. The molecule has 5 heteroatoms. The highest BCUT2D eigenvalue weighted by Gasteiger charge is 2.23. The van der Waals surface area contributed by atoms with Gasteiger partial charge in [-0.15, -0.1) is 12.4 Å². The number of hydrogen-bond donors (Lipinski definition) is 1. The van der Waals surface area contributed by atoms with Crippen LogP contribution < -0.4 is 5.32 Å². The highest BCUT2D eigenvalue weighted by molar-refractivity contribution is 5.85. The Hall–Kier alpha value is -2.40. The first-order valence-electron chi connectivity index (χ1n) is 9.60.